The highest BCUT2D eigenvalue weighted by molar-refractivity contribution is 7.89. The summed E-state index contributed by atoms with van der Waals surface area (Å²) in [6.07, 6.45) is 2.44. The molecule has 0 saturated carbocycles. The fourth-order valence-electron chi connectivity index (χ4n) is 2.46. The minimum absolute atomic E-state index is 0.115. The van der Waals surface area contributed by atoms with Gasteiger partial charge in [-0.05, 0) is 25.9 Å². The number of carboxylic acids is 1. The lowest BCUT2D eigenvalue weighted by molar-refractivity contribution is 0.0692. The zero-order valence-corrected chi connectivity index (χ0v) is 12.0. The molecular weight excluding hydrogens is 284 g/mol. The summed E-state index contributed by atoms with van der Waals surface area (Å²) in [6.45, 7) is 3.55. The third-order valence-corrected chi connectivity index (χ3v) is 5.43. The van der Waals surface area contributed by atoms with Crippen LogP contribution in [0.3, 0.4) is 0 Å². The average Bonchev–Trinajstić information content (AvgIpc) is 2.90. The van der Waals surface area contributed by atoms with Crippen molar-refractivity contribution in [1.29, 1.82) is 0 Å². The summed E-state index contributed by atoms with van der Waals surface area (Å²) in [6, 6.07) is -0.115. The lowest BCUT2D eigenvalue weighted by atomic mass is 10.1. The SMILES string of the molecule is CCN(C1CCNCC1)S(=O)(=O)c1[nH]ncc1C(=O)O. The second kappa shape index (κ2) is 5.90. The Labute approximate surface area is 117 Å². The van der Waals surface area contributed by atoms with Crippen molar-refractivity contribution in [3.63, 3.8) is 0 Å². The number of H-pyrrole nitrogens is 1. The first-order valence-corrected chi connectivity index (χ1v) is 7.91. The summed E-state index contributed by atoms with van der Waals surface area (Å²) in [4.78, 5) is 11.1. The van der Waals surface area contributed by atoms with Crippen LogP contribution in [0.15, 0.2) is 11.2 Å². The quantitative estimate of drug-likeness (QED) is 0.698. The summed E-state index contributed by atoms with van der Waals surface area (Å²) < 4.78 is 26.6. The van der Waals surface area contributed by atoms with Gasteiger partial charge in [-0.3, -0.25) is 5.10 Å². The first kappa shape index (κ1) is 14.9. The lowest BCUT2D eigenvalue weighted by Gasteiger charge is -2.32. The Bertz CT molecular complexity index is 577. The monoisotopic (exact) mass is 302 g/mol. The molecule has 1 aliphatic rings. The van der Waals surface area contributed by atoms with Crippen molar-refractivity contribution in [2.75, 3.05) is 19.6 Å². The minimum atomic E-state index is -3.88. The fraction of sp³-hybridized carbons (Fsp3) is 0.636. The Morgan fingerprint density at radius 1 is 1.50 bits per heavy atom. The van der Waals surface area contributed by atoms with Crippen molar-refractivity contribution in [2.45, 2.75) is 30.8 Å². The van der Waals surface area contributed by atoms with Gasteiger partial charge in [-0.15, -0.1) is 0 Å². The number of nitrogens with one attached hydrogen (secondary N) is 2. The van der Waals surface area contributed by atoms with Gasteiger partial charge in [0.05, 0.1) is 6.20 Å². The van der Waals surface area contributed by atoms with Gasteiger partial charge in [-0.25, -0.2) is 13.2 Å². The van der Waals surface area contributed by atoms with Gasteiger partial charge < -0.3 is 10.4 Å². The number of hydrogen-bond acceptors (Lipinski definition) is 5. The predicted octanol–water partition coefficient (Wildman–Crippen LogP) is -0.129. The van der Waals surface area contributed by atoms with Gasteiger partial charge >= 0.3 is 5.97 Å². The molecule has 0 radical (unpaired) electrons. The molecule has 0 aliphatic carbocycles. The van der Waals surface area contributed by atoms with Gasteiger partial charge in [0, 0.05) is 12.6 Å². The van der Waals surface area contributed by atoms with E-state index in [1.54, 1.807) is 6.92 Å². The van der Waals surface area contributed by atoms with Crippen molar-refractivity contribution < 1.29 is 18.3 Å². The van der Waals surface area contributed by atoms with Crippen LogP contribution >= 0.6 is 0 Å². The molecule has 0 aromatic carbocycles. The Morgan fingerprint density at radius 2 is 2.15 bits per heavy atom. The summed E-state index contributed by atoms with van der Waals surface area (Å²) in [5, 5.41) is 17.7. The van der Waals surface area contributed by atoms with Crippen LogP contribution in [0.1, 0.15) is 30.1 Å². The van der Waals surface area contributed by atoms with E-state index in [4.69, 9.17) is 5.11 Å². The molecule has 0 bridgehead atoms. The first-order valence-electron chi connectivity index (χ1n) is 6.47. The molecule has 0 unspecified atom stereocenters. The van der Waals surface area contributed by atoms with Crippen molar-refractivity contribution >= 4 is 16.0 Å². The number of piperidine rings is 1. The van der Waals surface area contributed by atoms with Gasteiger partial charge in [0.2, 0.25) is 0 Å². The van der Waals surface area contributed by atoms with Crippen LogP contribution in [0.4, 0.5) is 0 Å². The van der Waals surface area contributed by atoms with Crippen molar-refractivity contribution in [2.24, 2.45) is 0 Å². The summed E-state index contributed by atoms with van der Waals surface area (Å²) >= 11 is 0. The van der Waals surface area contributed by atoms with Crippen molar-refractivity contribution in [1.82, 2.24) is 19.8 Å². The smallest absolute Gasteiger partial charge is 0.340 e. The molecule has 1 saturated heterocycles. The van der Waals surface area contributed by atoms with Crippen LogP contribution in [-0.4, -0.2) is 59.7 Å². The van der Waals surface area contributed by atoms with E-state index in [1.807, 2.05) is 0 Å². The van der Waals surface area contributed by atoms with Crippen molar-refractivity contribution in [3.05, 3.63) is 11.8 Å². The maximum atomic E-state index is 12.6. The van der Waals surface area contributed by atoms with E-state index in [9.17, 15) is 13.2 Å². The zero-order valence-electron chi connectivity index (χ0n) is 11.2. The number of aromatic nitrogens is 2. The summed E-state index contributed by atoms with van der Waals surface area (Å²) in [7, 11) is -3.88. The molecule has 0 spiro atoms. The Hall–Kier alpha value is -1.45. The van der Waals surface area contributed by atoms with Gasteiger partial charge in [0.25, 0.3) is 10.0 Å². The van der Waals surface area contributed by atoms with E-state index in [1.165, 1.54) is 4.31 Å². The number of nitrogens with zero attached hydrogens (tertiary/aromatic N) is 2. The molecule has 0 atom stereocenters. The van der Waals surface area contributed by atoms with Crippen LogP contribution in [0.5, 0.6) is 0 Å². The summed E-state index contributed by atoms with van der Waals surface area (Å²) in [5.41, 5.74) is -0.322. The molecule has 1 aromatic heterocycles. The molecule has 1 fully saturated rings. The van der Waals surface area contributed by atoms with E-state index in [0.29, 0.717) is 19.4 Å². The number of aromatic amines is 1. The highest BCUT2D eigenvalue weighted by Crippen LogP contribution is 2.23. The Balaban J connectivity index is 2.36. The predicted molar refractivity (Wildman–Crippen MR) is 71.0 cm³/mol. The van der Waals surface area contributed by atoms with Crippen LogP contribution in [-0.2, 0) is 10.0 Å². The number of sulfonamides is 1. The second-order valence-corrected chi connectivity index (χ2v) is 6.43. The molecule has 3 N–H and O–H groups in total. The molecule has 20 heavy (non-hydrogen) atoms. The zero-order chi connectivity index (χ0) is 14.8. The van der Waals surface area contributed by atoms with Crippen LogP contribution in [0.2, 0.25) is 0 Å². The lowest BCUT2D eigenvalue weighted by Crippen LogP contribution is -2.46. The standard InChI is InChI=1S/C11H18N4O4S/c1-2-15(8-3-5-12-6-4-8)20(18,19)10-9(11(16)17)7-13-14-10/h7-8,12H,2-6H2,1H3,(H,13,14)(H,16,17). The third-order valence-electron chi connectivity index (χ3n) is 3.43. The second-order valence-electron chi connectivity index (χ2n) is 4.61. The van der Waals surface area contributed by atoms with E-state index < -0.39 is 16.0 Å². The molecule has 112 valence electrons. The normalized spacial score (nSPS) is 17.5. The van der Waals surface area contributed by atoms with Gasteiger partial charge in [0.1, 0.15) is 5.56 Å². The average molecular weight is 302 g/mol. The molecule has 9 heteroatoms. The van der Waals surface area contributed by atoms with Gasteiger partial charge in [0.15, 0.2) is 5.03 Å². The largest absolute Gasteiger partial charge is 0.478 e. The van der Waals surface area contributed by atoms with E-state index >= 15 is 0 Å². The maximum absolute atomic E-state index is 12.6. The highest BCUT2D eigenvalue weighted by atomic mass is 32.2. The molecule has 2 rings (SSSR count). The molecule has 2 heterocycles. The topological polar surface area (TPSA) is 115 Å². The number of hydrogen-bond donors (Lipinski definition) is 3. The number of rotatable bonds is 5. The van der Waals surface area contributed by atoms with Crippen LogP contribution in [0, 0.1) is 0 Å². The fourth-order valence-corrected chi connectivity index (χ4v) is 4.22. The van der Waals surface area contributed by atoms with Gasteiger partial charge in [-0.1, -0.05) is 6.92 Å². The van der Waals surface area contributed by atoms with E-state index in [0.717, 1.165) is 19.3 Å². The highest BCUT2D eigenvalue weighted by Gasteiger charge is 2.35. The molecule has 1 aromatic rings. The Morgan fingerprint density at radius 3 is 2.70 bits per heavy atom. The van der Waals surface area contributed by atoms with Gasteiger partial charge in [-0.2, -0.15) is 9.40 Å². The molecule has 1 aliphatic heterocycles. The van der Waals surface area contributed by atoms with Crippen LogP contribution < -0.4 is 5.32 Å². The number of carboxylic acid groups (broad SMARTS) is 1. The minimum Gasteiger partial charge on any atom is -0.478 e. The van der Waals surface area contributed by atoms with E-state index in [2.05, 4.69) is 15.5 Å². The molecule has 0 amide bonds. The maximum Gasteiger partial charge on any atom is 0.340 e. The van der Waals surface area contributed by atoms with Crippen LogP contribution in [0.25, 0.3) is 0 Å². The molecular formula is C11H18N4O4S. The van der Waals surface area contributed by atoms with Crippen molar-refractivity contribution in [3.8, 4) is 0 Å². The number of aromatic carboxylic acids is 1. The first-order chi connectivity index (χ1) is 9.48. The number of carbonyl (C=O) groups is 1. The summed E-state index contributed by atoms with van der Waals surface area (Å²) in [5.74, 6) is -1.31. The Kier molecular flexibility index (Phi) is 4.41. The molecule has 8 nitrogen and oxygen atoms in total. The third kappa shape index (κ3) is 2.69. The van der Waals surface area contributed by atoms with E-state index in [-0.39, 0.29) is 16.6 Å².